The lowest BCUT2D eigenvalue weighted by Gasteiger charge is -2.10. The van der Waals surface area contributed by atoms with Gasteiger partial charge in [-0.3, -0.25) is 4.79 Å². The molecule has 0 radical (unpaired) electrons. The minimum atomic E-state index is -0.127. The van der Waals surface area contributed by atoms with Crippen molar-refractivity contribution < 1.29 is 9.53 Å². The van der Waals surface area contributed by atoms with E-state index in [-0.39, 0.29) is 12.4 Å². The second-order valence-corrected chi connectivity index (χ2v) is 7.34. The lowest BCUT2D eigenvalue weighted by molar-refractivity contribution is 0.0921. The van der Waals surface area contributed by atoms with E-state index in [1.165, 1.54) is 28.8 Å². The second kappa shape index (κ2) is 6.96. The van der Waals surface area contributed by atoms with Crippen molar-refractivity contribution in [1.82, 2.24) is 0 Å². The van der Waals surface area contributed by atoms with E-state index < -0.39 is 0 Å². The second-order valence-electron chi connectivity index (χ2n) is 6.11. The molecule has 2 nitrogen and oxygen atoms in total. The Morgan fingerprint density at radius 3 is 2.42 bits per heavy atom. The van der Waals surface area contributed by atoms with Crippen LogP contribution in [-0.2, 0) is 6.42 Å². The number of halogens is 3. The van der Waals surface area contributed by atoms with E-state index in [1.54, 1.807) is 0 Å². The molecule has 130 valence electrons. The topological polar surface area (TPSA) is 26.3 Å². The number of carbonyl (C=O) groups is 1. The molecule has 4 rings (SSSR count). The van der Waals surface area contributed by atoms with E-state index in [0.717, 1.165) is 12.0 Å². The Kier molecular flexibility index (Phi) is 4.66. The van der Waals surface area contributed by atoms with Crippen molar-refractivity contribution in [3.63, 3.8) is 0 Å². The van der Waals surface area contributed by atoms with Crippen LogP contribution < -0.4 is 4.74 Å². The Balaban J connectivity index is 1.55. The molecule has 0 heterocycles. The fourth-order valence-electron chi connectivity index (χ4n) is 3.14. The first-order chi connectivity index (χ1) is 12.5. The van der Waals surface area contributed by atoms with Crippen LogP contribution in [0.3, 0.4) is 0 Å². The Morgan fingerprint density at radius 2 is 1.58 bits per heavy atom. The Hall–Kier alpha value is -2.00. The van der Waals surface area contributed by atoms with Crippen LogP contribution in [0.2, 0.25) is 15.1 Å². The van der Waals surface area contributed by atoms with Gasteiger partial charge in [0.25, 0.3) is 0 Å². The highest BCUT2D eigenvalue weighted by Gasteiger charge is 2.20. The zero-order valence-corrected chi connectivity index (χ0v) is 15.8. The first kappa shape index (κ1) is 17.4. The fourth-order valence-corrected chi connectivity index (χ4v) is 3.73. The molecular formula is C21H13Cl3O2. The van der Waals surface area contributed by atoms with Gasteiger partial charge in [-0.2, -0.15) is 0 Å². The van der Waals surface area contributed by atoms with E-state index in [2.05, 4.69) is 12.1 Å². The van der Waals surface area contributed by atoms with Gasteiger partial charge in [0.05, 0.1) is 15.1 Å². The smallest absolute Gasteiger partial charge is 0.200 e. The minimum Gasteiger partial charge on any atom is -0.484 e. The molecular weight excluding hydrogens is 391 g/mol. The third-order valence-electron chi connectivity index (χ3n) is 4.45. The van der Waals surface area contributed by atoms with E-state index in [4.69, 9.17) is 39.5 Å². The molecule has 0 bridgehead atoms. The average Bonchev–Trinajstić information content (AvgIpc) is 3.01. The summed E-state index contributed by atoms with van der Waals surface area (Å²) in [5, 5.41) is 0.982. The highest BCUT2D eigenvalue weighted by molar-refractivity contribution is 6.43. The molecule has 0 atom stereocenters. The van der Waals surface area contributed by atoms with Gasteiger partial charge in [-0.25, -0.2) is 0 Å². The summed E-state index contributed by atoms with van der Waals surface area (Å²) in [5.41, 5.74) is 5.42. The first-order valence-electron chi connectivity index (χ1n) is 8.04. The maximum absolute atomic E-state index is 12.6. The van der Waals surface area contributed by atoms with Crippen LogP contribution >= 0.6 is 34.8 Å². The van der Waals surface area contributed by atoms with Gasteiger partial charge in [-0.15, -0.1) is 0 Å². The van der Waals surface area contributed by atoms with Crippen LogP contribution in [0, 0.1) is 0 Å². The Morgan fingerprint density at radius 1 is 0.846 bits per heavy atom. The predicted molar refractivity (Wildman–Crippen MR) is 106 cm³/mol. The maximum Gasteiger partial charge on any atom is 0.200 e. The molecule has 1 aliphatic carbocycles. The van der Waals surface area contributed by atoms with E-state index >= 15 is 0 Å². The highest BCUT2D eigenvalue weighted by Crippen LogP contribution is 2.37. The summed E-state index contributed by atoms with van der Waals surface area (Å²) in [6, 6.07) is 17.0. The summed E-state index contributed by atoms with van der Waals surface area (Å²) in [6.07, 6.45) is 0.898. The molecule has 1 aliphatic rings. The van der Waals surface area contributed by atoms with Crippen LogP contribution in [-0.4, -0.2) is 12.4 Å². The number of ketones is 1. The Bertz CT molecular complexity index is 1030. The van der Waals surface area contributed by atoms with E-state index in [9.17, 15) is 4.79 Å². The molecule has 0 aromatic heterocycles. The van der Waals surface area contributed by atoms with Gasteiger partial charge in [0.15, 0.2) is 12.4 Å². The van der Waals surface area contributed by atoms with Crippen LogP contribution in [0.15, 0.2) is 54.6 Å². The highest BCUT2D eigenvalue weighted by atomic mass is 35.5. The Labute approximate surface area is 166 Å². The van der Waals surface area contributed by atoms with Gasteiger partial charge >= 0.3 is 0 Å². The molecule has 0 fully saturated rings. The third-order valence-corrected chi connectivity index (χ3v) is 5.47. The van der Waals surface area contributed by atoms with Gasteiger partial charge in [-0.05, 0) is 40.8 Å². The van der Waals surface area contributed by atoms with Gasteiger partial charge < -0.3 is 4.74 Å². The zero-order valence-electron chi connectivity index (χ0n) is 13.6. The summed E-state index contributed by atoms with van der Waals surface area (Å²) in [6.45, 7) is -0.127. The molecule has 0 aliphatic heterocycles. The molecule has 26 heavy (non-hydrogen) atoms. The number of benzene rings is 3. The number of ether oxygens (including phenoxy) is 1. The monoisotopic (exact) mass is 402 g/mol. The quantitative estimate of drug-likeness (QED) is 0.288. The third kappa shape index (κ3) is 3.21. The predicted octanol–water partition coefficient (Wildman–Crippen LogP) is 6.48. The molecule has 0 unspecified atom stereocenters. The van der Waals surface area contributed by atoms with Crippen molar-refractivity contribution in [2.24, 2.45) is 0 Å². The minimum absolute atomic E-state index is 0.126. The molecule has 3 aromatic rings. The average molecular weight is 404 g/mol. The summed E-state index contributed by atoms with van der Waals surface area (Å²) in [5.74, 6) is 0.209. The van der Waals surface area contributed by atoms with Crippen LogP contribution in [0.25, 0.3) is 11.1 Å². The van der Waals surface area contributed by atoms with E-state index in [1.807, 2.05) is 30.3 Å². The van der Waals surface area contributed by atoms with Crippen molar-refractivity contribution >= 4 is 40.6 Å². The number of carbonyl (C=O) groups excluding carboxylic acids is 1. The molecule has 3 aromatic carbocycles. The van der Waals surface area contributed by atoms with Crippen LogP contribution in [0.4, 0.5) is 0 Å². The molecule has 0 saturated heterocycles. The van der Waals surface area contributed by atoms with Crippen LogP contribution in [0.1, 0.15) is 21.5 Å². The summed E-state index contributed by atoms with van der Waals surface area (Å²) >= 11 is 18.0. The summed E-state index contributed by atoms with van der Waals surface area (Å²) in [7, 11) is 0. The number of Topliss-reactive ketones (excluding diaryl/α,β-unsaturated/α-hetero) is 1. The standard InChI is InChI=1S/C21H13Cl3O2/c22-17-9-19(24)21(10-18(17)23)26-11-20(25)14-6-5-13-7-12-3-1-2-4-15(12)16(13)8-14/h1-6,8-10H,7,11H2. The lowest BCUT2D eigenvalue weighted by atomic mass is 10.0. The van der Waals surface area contributed by atoms with Crippen molar-refractivity contribution in [2.45, 2.75) is 6.42 Å². The number of hydrogen-bond acceptors (Lipinski definition) is 2. The fraction of sp³-hybridized carbons (Fsp3) is 0.0952. The number of hydrogen-bond donors (Lipinski definition) is 0. The number of rotatable bonds is 4. The molecule has 0 spiro atoms. The number of fused-ring (bicyclic) bond motifs is 3. The lowest BCUT2D eigenvalue weighted by Crippen LogP contribution is -2.12. The summed E-state index contributed by atoms with van der Waals surface area (Å²) < 4.78 is 5.55. The van der Waals surface area contributed by atoms with Crippen molar-refractivity contribution in [2.75, 3.05) is 6.61 Å². The summed E-state index contributed by atoms with van der Waals surface area (Å²) in [4.78, 5) is 12.6. The normalized spacial score (nSPS) is 11.8. The maximum atomic E-state index is 12.6. The SMILES string of the molecule is O=C(COc1cc(Cl)c(Cl)cc1Cl)c1ccc2c(c1)-c1ccccc1C2. The van der Waals surface area contributed by atoms with Gasteiger partial charge in [0, 0.05) is 11.6 Å². The molecule has 0 N–H and O–H groups in total. The van der Waals surface area contributed by atoms with Crippen molar-refractivity contribution in [3.05, 3.63) is 86.4 Å². The largest absolute Gasteiger partial charge is 0.484 e. The molecule has 0 amide bonds. The van der Waals surface area contributed by atoms with Gasteiger partial charge in [0.1, 0.15) is 5.75 Å². The van der Waals surface area contributed by atoms with Gasteiger partial charge in [-0.1, -0.05) is 71.2 Å². The molecule has 0 saturated carbocycles. The zero-order chi connectivity index (χ0) is 18.3. The first-order valence-corrected chi connectivity index (χ1v) is 9.18. The van der Waals surface area contributed by atoms with Crippen molar-refractivity contribution in [1.29, 1.82) is 0 Å². The van der Waals surface area contributed by atoms with Gasteiger partial charge in [0.2, 0.25) is 0 Å². The van der Waals surface area contributed by atoms with Crippen LogP contribution in [0.5, 0.6) is 5.75 Å². The van der Waals surface area contributed by atoms with E-state index in [0.29, 0.717) is 26.4 Å². The van der Waals surface area contributed by atoms with Crippen molar-refractivity contribution in [3.8, 4) is 16.9 Å². The molecule has 5 heteroatoms.